The Hall–Kier alpha value is -2.82. The van der Waals surface area contributed by atoms with Crippen molar-refractivity contribution < 1.29 is 14.3 Å². The Morgan fingerprint density at radius 1 is 1.11 bits per heavy atom. The van der Waals surface area contributed by atoms with Crippen LogP contribution in [0.25, 0.3) is 0 Å². The Labute approximate surface area is 159 Å². The summed E-state index contributed by atoms with van der Waals surface area (Å²) in [7, 11) is 3.34. The van der Waals surface area contributed by atoms with E-state index in [1.165, 1.54) is 5.56 Å². The average molecular weight is 364 g/mol. The monoisotopic (exact) mass is 364 g/mol. The lowest BCUT2D eigenvalue weighted by molar-refractivity contribution is -0.133. The topological polar surface area (TPSA) is 51.1 Å². The first-order valence-corrected chi connectivity index (χ1v) is 9.38. The number of aryl methyl sites for hydroxylation is 1. The van der Waals surface area contributed by atoms with Gasteiger partial charge in [0.25, 0.3) is 0 Å². The normalized spacial score (nSPS) is 20.6. The summed E-state index contributed by atoms with van der Waals surface area (Å²) in [4.78, 5) is 12.7. The number of nitrogens with zero attached hydrogens (tertiary/aromatic N) is 2. The Bertz CT molecular complexity index is 889. The molecule has 5 nitrogen and oxygen atoms in total. The smallest absolute Gasteiger partial charge is 0.242 e. The maximum atomic E-state index is 12.7. The highest BCUT2D eigenvalue weighted by molar-refractivity contribution is 6.07. The first kappa shape index (κ1) is 17.6. The lowest BCUT2D eigenvalue weighted by Gasteiger charge is -2.29. The molecule has 1 heterocycles. The van der Waals surface area contributed by atoms with Crippen LogP contribution in [0.3, 0.4) is 0 Å². The van der Waals surface area contributed by atoms with Gasteiger partial charge in [0.05, 0.1) is 26.0 Å². The maximum Gasteiger partial charge on any atom is 0.242 e. The summed E-state index contributed by atoms with van der Waals surface area (Å²) in [6, 6.07) is 14.0. The van der Waals surface area contributed by atoms with Crippen molar-refractivity contribution in [1.82, 2.24) is 5.01 Å². The maximum absolute atomic E-state index is 12.7. The van der Waals surface area contributed by atoms with E-state index in [4.69, 9.17) is 14.6 Å². The van der Waals surface area contributed by atoms with Crippen LogP contribution in [0.5, 0.6) is 11.5 Å². The predicted molar refractivity (Wildman–Crippen MR) is 104 cm³/mol. The summed E-state index contributed by atoms with van der Waals surface area (Å²) in [6.45, 7) is 1.88. The molecule has 0 saturated heterocycles. The van der Waals surface area contributed by atoms with Crippen molar-refractivity contribution in [2.45, 2.75) is 32.2 Å². The number of methoxy groups -OCH3 is 2. The van der Waals surface area contributed by atoms with Crippen molar-refractivity contribution in [2.75, 3.05) is 14.2 Å². The molecular weight excluding hydrogens is 340 g/mol. The van der Waals surface area contributed by atoms with Crippen LogP contribution in [0.15, 0.2) is 47.6 Å². The van der Waals surface area contributed by atoms with E-state index in [9.17, 15) is 4.79 Å². The van der Waals surface area contributed by atoms with Crippen molar-refractivity contribution >= 4 is 11.6 Å². The number of ether oxygens (including phenoxy) is 2. The molecule has 0 unspecified atom stereocenters. The highest BCUT2D eigenvalue weighted by Gasteiger charge is 2.43. The summed E-state index contributed by atoms with van der Waals surface area (Å²) >= 11 is 0. The largest absolute Gasteiger partial charge is 0.497 e. The first-order chi connectivity index (χ1) is 13.2. The molecule has 1 aliphatic heterocycles. The third-order valence-corrected chi connectivity index (χ3v) is 5.54. The number of benzene rings is 2. The van der Waals surface area contributed by atoms with E-state index >= 15 is 0 Å². The molecule has 0 N–H and O–H groups in total. The number of hydrogen-bond donors (Lipinski definition) is 0. The molecule has 2 aromatic carbocycles. The lowest BCUT2D eigenvalue weighted by Crippen LogP contribution is -2.31. The summed E-state index contributed by atoms with van der Waals surface area (Å²) in [5.41, 5.74) is 4.49. The van der Waals surface area contributed by atoms with Crippen molar-refractivity contribution in [3.8, 4) is 11.5 Å². The molecule has 0 fully saturated rings. The van der Waals surface area contributed by atoms with Gasteiger partial charge >= 0.3 is 0 Å². The van der Waals surface area contributed by atoms with Crippen molar-refractivity contribution in [1.29, 1.82) is 0 Å². The Kier molecular flexibility index (Phi) is 4.60. The fourth-order valence-electron chi connectivity index (χ4n) is 4.13. The second-order valence-corrected chi connectivity index (χ2v) is 6.96. The van der Waals surface area contributed by atoms with Gasteiger partial charge in [-0.15, -0.1) is 0 Å². The molecule has 2 aromatic rings. The highest BCUT2D eigenvalue weighted by atomic mass is 16.5. The highest BCUT2D eigenvalue weighted by Crippen LogP contribution is 2.44. The number of carbonyl (C=O) groups excluding carboxylic acids is 1. The summed E-state index contributed by atoms with van der Waals surface area (Å²) < 4.78 is 10.6. The lowest BCUT2D eigenvalue weighted by atomic mass is 9.77. The van der Waals surface area contributed by atoms with Crippen LogP contribution in [-0.4, -0.2) is 30.8 Å². The predicted octanol–water partition coefficient (Wildman–Crippen LogP) is 3.96. The fourth-order valence-corrected chi connectivity index (χ4v) is 4.13. The third-order valence-electron chi connectivity index (χ3n) is 5.54. The standard InChI is InChI=1S/C22H24N2O3/c1-4-20(25)24-22(14-5-8-16(26-2)9-6-14)19-11-7-15-13-17(27-3)10-12-18(15)21(19)23-24/h5-6,8-10,12-13,19,22H,4,7,11H2,1-3H3/t19-,22-/m0/s1. The molecule has 1 aliphatic carbocycles. The first-order valence-electron chi connectivity index (χ1n) is 9.38. The van der Waals surface area contributed by atoms with E-state index < -0.39 is 0 Å². The van der Waals surface area contributed by atoms with Gasteiger partial charge in [-0.3, -0.25) is 4.79 Å². The minimum atomic E-state index is -0.0615. The quantitative estimate of drug-likeness (QED) is 0.825. The molecule has 4 rings (SSSR count). The number of hydrogen-bond acceptors (Lipinski definition) is 4. The van der Waals surface area contributed by atoms with Crippen LogP contribution < -0.4 is 9.47 Å². The van der Waals surface area contributed by atoms with Crippen LogP contribution in [0.2, 0.25) is 0 Å². The molecule has 27 heavy (non-hydrogen) atoms. The van der Waals surface area contributed by atoms with Crippen LogP contribution in [0, 0.1) is 5.92 Å². The molecule has 1 amide bonds. The molecule has 0 bridgehead atoms. The molecule has 2 atom stereocenters. The minimum Gasteiger partial charge on any atom is -0.497 e. The Morgan fingerprint density at radius 3 is 2.48 bits per heavy atom. The van der Waals surface area contributed by atoms with Gasteiger partial charge in [0.2, 0.25) is 5.91 Å². The van der Waals surface area contributed by atoms with Gasteiger partial charge in [-0.2, -0.15) is 5.10 Å². The Balaban J connectivity index is 1.76. The number of carbonyl (C=O) groups is 1. The number of hydrazone groups is 1. The SMILES string of the molecule is CCC(=O)N1N=C2c3ccc(OC)cc3CC[C@@H]2[C@@H]1c1ccc(OC)cc1. The van der Waals surface area contributed by atoms with E-state index in [1.807, 2.05) is 37.3 Å². The van der Waals surface area contributed by atoms with E-state index in [-0.39, 0.29) is 17.9 Å². The van der Waals surface area contributed by atoms with E-state index in [1.54, 1.807) is 19.2 Å². The zero-order chi connectivity index (χ0) is 19.0. The Morgan fingerprint density at radius 2 is 1.81 bits per heavy atom. The number of amides is 1. The molecular formula is C22H24N2O3. The average Bonchev–Trinajstić information content (AvgIpc) is 3.12. The van der Waals surface area contributed by atoms with Gasteiger partial charge in [0, 0.05) is 17.9 Å². The number of fused-ring (bicyclic) bond motifs is 3. The molecule has 2 aliphatic rings. The van der Waals surface area contributed by atoms with Crippen molar-refractivity contribution in [3.05, 3.63) is 59.2 Å². The second-order valence-electron chi connectivity index (χ2n) is 6.96. The summed E-state index contributed by atoms with van der Waals surface area (Å²) in [5, 5.41) is 6.50. The molecule has 0 radical (unpaired) electrons. The molecule has 5 heteroatoms. The molecule has 0 spiro atoms. The van der Waals surface area contributed by atoms with Gasteiger partial charge in [-0.05, 0) is 54.3 Å². The fraction of sp³-hybridized carbons (Fsp3) is 0.364. The van der Waals surface area contributed by atoms with Gasteiger partial charge in [-0.25, -0.2) is 5.01 Å². The second kappa shape index (κ2) is 7.06. The number of rotatable bonds is 4. The van der Waals surface area contributed by atoms with Gasteiger partial charge in [-0.1, -0.05) is 19.1 Å². The summed E-state index contributed by atoms with van der Waals surface area (Å²) in [6.07, 6.45) is 2.35. The third kappa shape index (κ3) is 2.97. The van der Waals surface area contributed by atoms with Crippen molar-refractivity contribution in [3.63, 3.8) is 0 Å². The van der Waals surface area contributed by atoms with Crippen LogP contribution in [-0.2, 0) is 11.2 Å². The van der Waals surface area contributed by atoms with Crippen molar-refractivity contribution in [2.24, 2.45) is 11.0 Å². The van der Waals surface area contributed by atoms with Gasteiger partial charge < -0.3 is 9.47 Å². The van der Waals surface area contributed by atoms with Crippen LogP contribution in [0.1, 0.15) is 42.5 Å². The molecule has 0 aromatic heterocycles. The van der Waals surface area contributed by atoms with E-state index in [2.05, 4.69) is 12.1 Å². The minimum absolute atomic E-state index is 0.0489. The van der Waals surface area contributed by atoms with Gasteiger partial charge in [0.1, 0.15) is 11.5 Å². The van der Waals surface area contributed by atoms with E-state index in [0.717, 1.165) is 41.2 Å². The van der Waals surface area contributed by atoms with Crippen LogP contribution >= 0.6 is 0 Å². The molecule has 0 saturated carbocycles. The van der Waals surface area contributed by atoms with E-state index in [0.29, 0.717) is 6.42 Å². The molecule has 140 valence electrons. The van der Waals surface area contributed by atoms with Crippen LogP contribution in [0.4, 0.5) is 0 Å². The zero-order valence-corrected chi connectivity index (χ0v) is 15.9. The van der Waals surface area contributed by atoms with Gasteiger partial charge in [0.15, 0.2) is 0 Å². The zero-order valence-electron chi connectivity index (χ0n) is 15.9. The summed E-state index contributed by atoms with van der Waals surface area (Å²) in [5.74, 6) is 1.92.